The molecule has 0 aromatic heterocycles. The van der Waals surface area contributed by atoms with E-state index >= 15 is 0 Å². The predicted octanol–water partition coefficient (Wildman–Crippen LogP) is 4.01. The molecule has 0 unspecified atom stereocenters. The Bertz CT molecular complexity index is 675. The smallest absolute Gasteiger partial charge is 0.267 e. The highest BCUT2D eigenvalue weighted by Crippen LogP contribution is 2.29. The molecule has 9 nitrogen and oxygen atoms in total. The highest BCUT2D eigenvalue weighted by atomic mass is 16.7. The van der Waals surface area contributed by atoms with E-state index in [1.54, 1.807) is 20.8 Å². The third-order valence-electron chi connectivity index (χ3n) is 4.17. The molecular formula is C17H23N3O6. The lowest BCUT2D eigenvalue weighted by molar-refractivity contribution is -0.394. The quantitative estimate of drug-likeness (QED) is 0.575. The molecule has 0 atom stereocenters. The molecule has 1 amide bonds. The molecule has 0 bridgehead atoms. The predicted molar refractivity (Wildman–Crippen MR) is 93.6 cm³/mol. The van der Waals surface area contributed by atoms with E-state index in [0.717, 1.165) is 50.3 Å². The summed E-state index contributed by atoms with van der Waals surface area (Å²) >= 11 is 0. The van der Waals surface area contributed by atoms with E-state index in [-0.39, 0.29) is 11.7 Å². The molecule has 0 spiro atoms. The molecule has 142 valence electrons. The van der Waals surface area contributed by atoms with Crippen molar-refractivity contribution >= 4 is 17.3 Å². The molecule has 0 N–H and O–H groups in total. The first-order valence-corrected chi connectivity index (χ1v) is 8.55. The van der Waals surface area contributed by atoms with Crippen LogP contribution in [0, 0.1) is 20.2 Å². The zero-order chi connectivity index (χ0) is 19.5. The van der Waals surface area contributed by atoms with E-state index < -0.39 is 32.7 Å². The minimum Gasteiger partial charge on any atom is -0.267 e. The van der Waals surface area contributed by atoms with Crippen LogP contribution in [-0.4, -0.2) is 32.5 Å². The number of nitro benzene ring substituents is 2. The van der Waals surface area contributed by atoms with Crippen LogP contribution in [0.25, 0.3) is 0 Å². The van der Waals surface area contributed by atoms with E-state index in [1.807, 2.05) is 0 Å². The van der Waals surface area contributed by atoms with Crippen molar-refractivity contribution in [2.24, 2.45) is 0 Å². The average molecular weight is 365 g/mol. The molecule has 0 heterocycles. The van der Waals surface area contributed by atoms with Crippen molar-refractivity contribution in [2.45, 2.75) is 64.5 Å². The Hall–Kier alpha value is -2.55. The third-order valence-corrected chi connectivity index (χ3v) is 4.17. The van der Waals surface area contributed by atoms with Crippen LogP contribution in [0.1, 0.15) is 63.2 Å². The van der Waals surface area contributed by atoms with Gasteiger partial charge in [0.2, 0.25) is 0 Å². The first-order valence-electron chi connectivity index (χ1n) is 8.55. The zero-order valence-corrected chi connectivity index (χ0v) is 15.1. The van der Waals surface area contributed by atoms with Gasteiger partial charge in [0.25, 0.3) is 17.3 Å². The molecule has 1 fully saturated rings. The largest absolute Gasteiger partial charge is 0.278 e. The fourth-order valence-electron chi connectivity index (χ4n) is 2.88. The Morgan fingerprint density at radius 3 is 1.96 bits per heavy atom. The van der Waals surface area contributed by atoms with Gasteiger partial charge in [0, 0.05) is 12.1 Å². The number of hydroxylamine groups is 2. The molecular weight excluding hydrogens is 342 g/mol. The van der Waals surface area contributed by atoms with Crippen LogP contribution in [0.4, 0.5) is 11.4 Å². The number of carbonyl (C=O) groups is 1. The van der Waals surface area contributed by atoms with E-state index in [4.69, 9.17) is 4.84 Å². The number of rotatable bonds is 5. The number of nitro groups is 2. The van der Waals surface area contributed by atoms with Crippen molar-refractivity contribution in [2.75, 3.05) is 0 Å². The summed E-state index contributed by atoms with van der Waals surface area (Å²) in [6, 6.07) is 2.91. The van der Waals surface area contributed by atoms with Gasteiger partial charge in [0.15, 0.2) is 0 Å². The summed E-state index contributed by atoms with van der Waals surface area (Å²) in [7, 11) is 0. The van der Waals surface area contributed by atoms with Crippen molar-refractivity contribution in [1.29, 1.82) is 0 Å². The number of amides is 1. The second-order valence-electron chi connectivity index (χ2n) is 7.39. The number of non-ortho nitro benzene ring substituents is 2. The molecule has 1 saturated carbocycles. The number of carbonyl (C=O) groups excluding carboxylic acids is 1. The van der Waals surface area contributed by atoms with Crippen LogP contribution in [0.5, 0.6) is 0 Å². The van der Waals surface area contributed by atoms with E-state index in [0.29, 0.717) is 0 Å². The fraction of sp³-hybridized carbons (Fsp3) is 0.588. The summed E-state index contributed by atoms with van der Waals surface area (Å²) in [5.41, 5.74) is -1.87. The zero-order valence-electron chi connectivity index (χ0n) is 15.1. The average Bonchev–Trinajstić information content (AvgIpc) is 2.58. The lowest BCUT2D eigenvalue weighted by Crippen LogP contribution is -2.47. The lowest BCUT2D eigenvalue weighted by Gasteiger charge is -2.38. The Morgan fingerprint density at radius 2 is 1.54 bits per heavy atom. The first kappa shape index (κ1) is 19.8. The van der Waals surface area contributed by atoms with Gasteiger partial charge in [0.05, 0.1) is 33.1 Å². The second-order valence-corrected chi connectivity index (χ2v) is 7.39. The summed E-state index contributed by atoms with van der Waals surface area (Å²) < 4.78 is 0. The molecule has 9 heteroatoms. The summed E-state index contributed by atoms with van der Waals surface area (Å²) in [5, 5.41) is 23.3. The van der Waals surface area contributed by atoms with Crippen LogP contribution < -0.4 is 0 Å². The molecule has 0 saturated heterocycles. The van der Waals surface area contributed by atoms with E-state index in [9.17, 15) is 25.0 Å². The van der Waals surface area contributed by atoms with Crippen LogP contribution in [0.2, 0.25) is 0 Å². The van der Waals surface area contributed by atoms with E-state index in [1.165, 1.54) is 5.06 Å². The Kier molecular flexibility index (Phi) is 5.91. The molecule has 0 radical (unpaired) electrons. The molecule has 26 heavy (non-hydrogen) atoms. The minimum absolute atomic E-state index is 0.111. The second kappa shape index (κ2) is 7.77. The maximum Gasteiger partial charge on any atom is 0.278 e. The number of hydrogen-bond acceptors (Lipinski definition) is 6. The topological polar surface area (TPSA) is 116 Å². The molecule has 1 aromatic rings. The van der Waals surface area contributed by atoms with Gasteiger partial charge in [-0.15, -0.1) is 0 Å². The normalized spacial score (nSPS) is 15.5. The van der Waals surface area contributed by atoms with Crippen LogP contribution >= 0.6 is 0 Å². The Morgan fingerprint density at radius 1 is 1.04 bits per heavy atom. The summed E-state index contributed by atoms with van der Waals surface area (Å²) in [5.74, 6) is -0.630. The summed E-state index contributed by atoms with van der Waals surface area (Å²) in [6.45, 7) is 5.33. The van der Waals surface area contributed by atoms with Crippen molar-refractivity contribution in [3.05, 3.63) is 44.0 Å². The van der Waals surface area contributed by atoms with Gasteiger partial charge < -0.3 is 0 Å². The lowest BCUT2D eigenvalue weighted by atomic mass is 9.98. The van der Waals surface area contributed by atoms with Crippen molar-refractivity contribution in [3.8, 4) is 0 Å². The molecule has 1 aliphatic rings. The van der Waals surface area contributed by atoms with E-state index in [2.05, 4.69) is 0 Å². The van der Waals surface area contributed by atoms with Crippen molar-refractivity contribution < 1.29 is 19.5 Å². The van der Waals surface area contributed by atoms with Gasteiger partial charge in [-0.25, -0.2) is 5.06 Å². The van der Waals surface area contributed by atoms with Gasteiger partial charge >= 0.3 is 0 Å². The Balaban J connectivity index is 2.37. The number of benzene rings is 1. The van der Waals surface area contributed by atoms with Crippen molar-refractivity contribution in [3.63, 3.8) is 0 Å². The Labute approximate surface area is 151 Å². The highest BCUT2D eigenvalue weighted by molar-refractivity contribution is 5.95. The molecule has 2 rings (SSSR count). The maximum atomic E-state index is 13.0. The fourth-order valence-corrected chi connectivity index (χ4v) is 2.88. The maximum absolute atomic E-state index is 13.0. The van der Waals surface area contributed by atoms with Crippen LogP contribution in [-0.2, 0) is 4.84 Å². The van der Waals surface area contributed by atoms with Gasteiger partial charge in [0.1, 0.15) is 0 Å². The minimum atomic E-state index is -0.757. The molecule has 0 aliphatic heterocycles. The summed E-state index contributed by atoms with van der Waals surface area (Å²) in [6.07, 6.45) is 4.70. The third kappa shape index (κ3) is 4.75. The van der Waals surface area contributed by atoms with Crippen LogP contribution in [0.15, 0.2) is 18.2 Å². The number of nitrogens with zero attached hydrogens (tertiary/aromatic N) is 3. The van der Waals surface area contributed by atoms with Gasteiger partial charge in [-0.3, -0.25) is 29.9 Å². The van der Waals surface area contributed by atoms with Gasteiger partial charge in [-0.1, -0.05) is 19.3 Å². The highest BCUT2D eigenvalue weighted by Gasteiger charge is 2.33. The van der Waals surface area contributed by atoms with Gasteiger partial charge in [-0.2, -0.15) is 0 Å². The van der Waals surface area contributed by atoms with Crippen molar-refractivity contribution in [1.82, 2.24) is 5.06 Å². The summed E-state index contributed by atoms with van der Waals surface area (Å²) in [4.78, 5) is 39.5. The SMILES string of the molecule is CC(C)(C)N(OC1CCCCC1)C(=O)c1cc([N+](=O)[O-])cc([N+](=O)[O-])c1. The molecule has 1 aromatic carbocycles. The van der Waals surface area contributed by atoms with Gasteiger partial charge in [-0.05, 0) is 33.6 Å². The van der Waals surface area contributed by atoms with Crippen LogP contribution in [0.3, 0.4) is 0 Å². The monoisotopic (exact) mass is 365 g/mol. The standard InChI is InChI=1S/C17H23N3O6/c1-17(2,3)18(26-15-7-5-4-6-8-15)16(21)12-9-13(19(22)23)11-14(10-12)20(24)25/h9-11,15H,4-8H2,1-3H3. The first-order chi connectivity index (χ1) is 12.1. The number of hydrogen-bond donors (Lipinski definition) is 0. The molecule has 1 aliphatic carbocycles.